The van der Waals surface area contributed by atoms with Crippen LogP contribution in [0.1, 0.15) is 58.9 Å². The molecule has 0 saturated carbocycles. The maximum Gasteiger partial charge on any atom is 0.221 e. The van der Waals surface area contributed by atoms with Gasteiger partial charge in [0.05, 0.1) is 5.69 Å². The molecule has 1 rings (SSSR count). The summed E-state index contributed by atoms with van der Waals surface area (Å²) >= 11 is 0. The minimum Gasteiger partial charge on any atom is -0.506 e. The van der Waals surface area contributed by atoms with Crippen LogP contribution in [0, 0.1) is 0 Å². The first-order valence-corrected chi connectivity index (χ1v) is 6.98. The van der Waals surface area contributed by atoms with Gasteiger partial charge in [0.15, 0.2) is 0 Å². The maximum atomic E-state index is 11.1. The van der Waals surface area contributed by atoms with Crippen LogP contribution in [0.2, 0.25) is 0 Å². The molecule has 0 fully saturated rings. The molecule has 3 heteroatoms. The Kier molecular flexibility index (Phi) is 5.40. The summed E-state index contributed by atoms with van der Waals surface area (Å²) in [7, 11) is 0. The van der Waals surface area contributed by atoms with Crippen LogP contribution in [0.5, 0.6) is 5.75 Å². The molecular weight excluding hydrogens is 238 g/mol. The third-order valence-electron chi connectivity index (χ3n) is 3.49. The van der Waals surface area contributed by atoms with Crippen molar-refractivity contribution in [3.05, 3.63) is 23.8 Å². The van der Waals surface area contributed by atoms with E-state index in [1.807, 2.05) is 12.1 Å². The standard InChI is InChI=1S/C16H25NO2/c1-5-6-7-10-16(3,4)13-8-9-15(19)14(11-13)17-12(2)18/h8-9,11,19H,5-7,10H2,1-4H3,(H,17,18). The van der Waals surface area contributed by atoms with Crippen LogP contribution in [-0.2, 0) is 10.2 Å². The molecule has 0 unspecified atom stereocenters. The number of phenols is 1. The Morgan fingerprint density at radius 1 is 1.32 bits per heavy atom. The molecule has 0 aliphatic carbocycles. The van der Waals surface area contributed by atoms with Crippen LogP contribution in [0.15, 0.2) is 18.2 Å². The number of aromatic hydroxyl groups is 1. The van der Waals surface area contributed by atoms with Gasteiger partial charge in [-0.15, -0.1) is 0 Å². The first kappa shape index (κ1) is 15.5. The van der Waals surface area contributed by atoms with Crippen molar-refractivity contribution in [2.45, 2.75) is 58.8 Å². The van der Waals surface area contributed by atoms with Crippen molar-refractivity contribution >= 4 is 11.6 Å². The molecule has 106 valence electrons. The zero-order chi connectivity index (χ0) is 14.5. The van der Waals surface area contributed by atoms with Gasteiger partial charge in [-0.3, -0.25) is 4.79 Å². The number of phenolic OH excluding ortho intramolecular Hbond substituents is 1. The Balaban J connectivity index is 2.90. The second kappa shape index (κ2) is 6.60. The molecule has 0 saturated heterocycles. The van der Waals surface area contributed by atoms with Gasteiger partial charge in [0.2, 0.25) is 5.91 Å². The molecule has 0 atom stereocenters. The lowest BCUT2D eigenvalue weighted by Crippen LogP contribution is -2.17. The van der Waals surface area contributed by atoms with E-state index in [-0.39, 0.29) is 17.1 Å². The monoisotopic (exact) mass is 263 g/mol. The minimum atomic E-state index is -0.170. The van der Waals surface area contributed by atoms with Crippen molar-refractivity contribution in [2.24, 2.45) is 0 Å². The summed E-state index contributed by atoms with van der Waals surface area (Å²) in [5.41, 5.74) is 1.69. The van der Waals surface area contributed by atoms with Crippen LogP contribution in [0.3, 0.4) is 0 Å². The van der Waals surface area contributed by atoms with Crippen molar-refractivity contribution in [1.29, 1.82) is 0 Å². The predicted octanol–water partition coefficient (Wildman–Crippen LogP) is 4.21. The van der Waals surface area contributed by atoms with Gasteiger partial charge in [0, 0.05) is 6.92 Å². The van der Waals surface area contributed by atoms with Gasteiger partial charge < -0.3 is 10.4 Å². The SMILES string of the molecule is CCCCCC(C)(C)c1ccc(O)c(NC(C)=O)c1. The Hall–Kier alpha value is -1.51. The molecule has 1 amide bonds. The summed E-state index contributed by atoms with van der Waals surface area (Å²) < 4.78 is 0. The molecule has 0 aliphatic heterocycles. The van der Waals surface area contributed by atoms with Gasteiger partial charge in [-0.25, -0.2) is 0 Å². The normalized spacial score (nSPS) is 11.4. The third-order valence-corrected chi connectivity index (χ3v) is 3.49. The van der Waals surface area contributed by atoms with E-state index in [0.29, 0.717) is 5.69 Å². The van der Waals surface area contributed by atoms with Crippen LogP contribution in [0.4, 0.5) is 5.69 Å². The molecule has 3 nitrogen and oxygen atoms in total. The molecule has 0 aromatic heterocycles. The van der Waals surface area contributed by atoms with Crippen molar-refractivity contribution < 1.29 is 9.90 Å². The number of rotatable bonds is 6. The summed E-state index contributed by atoms with van der Waals surface area (Å²) in [5.74, 6) is -0.0560. The second-order valence-electron chi connectivity index (χ2n) is 5.75. The minimum absolute atomic E-state index is 0.0517. The number of carbonyl (C=O) groups excluding carboxylic acids is 1. The molecule has 2 N–H and O–H groups in total. The van der Waals surface area contributed by atoms with Crippen molar-refractivity contribution in [2.75, 3.05) is 5.32 Å². The highest BCUT2D eigenvalue weighted by Gasteiger charge is 2.21. The number of nitrogens with one attached hydrogen (secondary N) is 1. The van der Waals surface area contributed by atoms with E-state index in [2.05, 4.69) is 26.1 Å². The molecule has 0 spiro atoms. The summed E-state index contributed by atoms with van der Waals surface area (Å²) in [4.78, 5) is 11.1. The average molecular weight is 263 g/mol. The van der Waals surface area contributed by atoms with E-state index in [1.54, 1.807) is 6.07 Å². The first-order chi connectivity index (χ1) is 8.86. The second-order valence-corrected chi connectivity index (χ2v) is 5.75. The fourth-order valence-electron chi connectivity index (χ4n) is 2.21. The van der Waals surface area contributed by atoms with Crippen molar-refractivity contribution in [3.63, 3.8) is 0 Å². The fraction of sp³-hybridized carbons (Fsp3) is 0.562. The molecule has 0 bridgehead atoms. The highest BCUT2D eigenvalue weighted by Crippen LogP contribution is 2.34. The zero-order valence-corrected chi connectivity index (χ0v) is 12.4. The van der Waals surface area contributed by atoms with E-state index in [4.69, 9.17) is 0 Å². The lowest BCUT2D eigenvalue weighted by atomic mass is 9.80. The Morgan fingerprint density at radius 3 is 2.58 bits per heavy atom. The number of carbonyl (C=O) groups is 1. The number of hydrogen-bond acceptors (Lipinski definition) is 2. The lowest BCUT2D eigenvalue weighted by molar-refractivity contribution is -0.114. The number of hydrogen-bond donors (Lipinski definition) is 2. The quantitative estimate of drug-likeness (QED) is 0.596. The molecule has 0 heterocycles. The summed E-state index contributed by atoms with van der Waals surface area (Å²) in [6.45, 7) is 8.04. The molecular formula is C16H25NO2. The number of unbranched alkanes of at least 4 members (excludes halogenated alkanes) is 2. The van der Waals surface area contributed by atoms with E-state index in [1.165, 1.54) is 26.2 Å². The van der Waals surface area contributed by atoms with E-state index in [0.717, 1.165) is 12.0 Å². The molecule has 0 radical (unpaired) electrons. The largest absolute Gasteiger partial charge is 0.506 e. The van der Waals surface area contributed by atoms with Gasteiger partial charge in [-0.1, -0.05) is 46.1 Å². The number of anilines is 1. The molecule has 1 aromatic carbocycles. The molecule has 19 heavy (non-hydrogen) atoms. The number of amides is 1. The fourth-order valence-corrected chi connectivity index (χ4v) is 2.21. The maximum absolute atomic E-state index is 11.1. The van der Waals surface area contributed by atoms with E-state index < -0.39 is 0 Å². The van der Waals surface area contributed by atoms with Crippen molar-refractivity contribution in [1.82, 2.24) is 0 Å². The Bertz CT molecular complexity index is 438. The van der Waals surface area contributed by atoms with Crippen LogP contribution in [-0.4, -0.2) is 11.0 Å². The van der Waals surface area contributed by atoms with Gasteiger partial charge in [0.25, 0.3) is 0 Å². The third kappa shape index (κ3) is 4.58. The lowest BCUT2D eigenvalue weighted by Gasteiger charge is -2.26. The Morgan fingerprint density at radius 2 is 2.00 bits per heavy atom. The summed E-state index contributed by atoms with van der Waals surface area (Å²) in [6, 6.07) is 5.47. The average Bonchev–Trinajstić information content (AvgIpc) is 2.31. The smallest absolute Gasteiger partial charge is 0.221 e. The predicted molar refractivity (Wildman–Crippen MR) is 79.6 cm³/mol. The van der Waals surface area contributed by atoms with E-state index >= 15 is 0 Å². The molecule has 0 aliphatic rings. The van der Waals surface area contributed by atoms with Gasteiger partial charge in [-0.2, -0.15) is 0 Å². The molecule has 1 aromatic rings. The van der Waals surface area contributed by atoms with Gasteiger partial charge in [-0.05, 0) is 29.5 Å². The zero-order valence-electron chi connectivity index (χ0n) is 12.4. The topological polar surface area (TPSA) is 49.3 Å². The number of benzene rings is 1. The summed E-state index contributed by atoms with van der Waals surface area (Å²) in [6.07, 6.45) is 4.74. The van der Waals surface area contributed by atoms with Crippen LogP contribution in [0.25, 0.3) is 0 Å². The summed E-state index contributed by atoms with van der Waals surface area (Å²) in [5, 5.41) is 12.4. The van der Waals surface area contributed by atoms with Gasteiger partial charge in [0.1, 0.15) is 5.75 Å². The Labute approximate surface area is 116 Å². The highest BCUT2D eigenvalue weighted by atomic mass is 16.3. The van der Waals surface area contributed by atoms with Crippen LogP contribution >= 0.6 is 0 Å². The van der Waals surface area contributed by atoms with E-state index in [9.17, 15) is 9.90 Å². The first-order valence-electron chi connectivity index (χ1n) is 6.98. The van der Waals surface area contributed by atoms with Crippen LogP contribution < -0.4 is 5.32 Å². The highest BCUT2D eigenvalue weighted by molar-refractivity contribution is 5.90. The van der Waals surface area contributed by atoms with Crippen molar-refractivity contribution in [3.8, 4) is 5.75 Å². The van der Waals surface area contributed by atoms with Gasteiger partial charge >= 0.3 is 0 Å².